The Bertz CT molecular complexity index is 612. The van der Waals surface area contributed by atoms with Gasteiger partial charge in [0.15, 0.2) is 0 Å². The van der Waals surface area contributed by atoms with Crippen molar-refractivity contribution in [1.82, 2.24) is 9.80 Å². The Balaban J connectivity index is 1.72. The van der Waals surface area contributed by atoms with Gasteiger partial charge >= 0.3 is 6.09 Å². The van der Waals surface area contributed by atoms with E-state index in [-0.39, 0.29) is 24.2 Å². The van der Waals surface area contributed by atoms with Crippen LogP contribution in [-0.2, 0) is 20.7 Å². The van der Waals surface area contributed by atoms with Gasteiger partial charge in [-0.25, -0.2) is 4.79 Å². The van der Waals surface area contributed by atoms with Crippen molar-refractivity contribution in [2.45, 2.75) is 32.2 Å². The van der Waals surface area contributed by atoms with Crippen LogP contribution in [-0.4, -0.2) is 66.4 Å². The van der Waals surface area contributed by atoms with E-state index in [0.717, 1.165) is 5.56 Å². The van der Waals surface area contributed by atoms with Crippen molar-refractivity contribution in [3.8, 4) is 0 Å². The van der Waals surface area contributed by atoms with Gasteiger partial charge in [0.25, 0.3) is 0 Å². The van der Waals surface area contributed by atoms with Crippen molar-refractivity contribution >= 4 is 17.8 Å². The number of piperazine rings is 1. The summed E-state index contributed by atoms with van der Waals surface area (Å²) in [5.41, 5.74) is 6.95. The standard InChI is InChI=1S/C19H27N3O4/c1-2-26-19(25)22-12-10-21(11-13-22)18(24)17(20)9-8-16(23)14-15-6-4-3-5-7-15/h3-7,17H,2,8-14,20H2,1H3. The molecule has 2 rings (SSSR count). The van der Waals surface area contributed by atoms with Gasteiger partial charge in [0, 0.05) is 39.0 Å². The molecule has 0 spiro atoms. The molecule has 1 aromatic carbocycles. The second-order valence-corrected chi connectivity index (χ2v) is 6.36. The molecule has 2 amide bonds. The average Bonchev–Trinajstić information content (AvgIpc) is 2.66. The van der Waals surface area contributed by atoms with Crippen LogP contribution in [0.4, 0.5) is 4.79 Å². The van der Waals surface area contributed by atoms with Gasteiger partial charge in [-0.2, -0.15) is 0 Å². The summed E-state index contributed by atoms with van der Waals surface area (Å²) in [5.74, 6) is -0.0902. The predicted octanol–water partition coefficient (Wildman–Crippen LogP) is 1.21. The lowest BCUT2D eigenvalue weighted by Crippen LogP contribution is -2.54. The third-order valence-corrected chi connectivity index (χ3v) is 4.41. The normalized spacial score (nSPS) is 15.5. The van der Waals surface area contributed by atoms with Crippen LogP contribution in [0.3, 0.4) is 0 Å². The van der Waals surface area contributed by atoms with Crippen molar-refractivity contribution in [2.24, 2.45) is 5.73 Å². The maximum Gasteiger partial charge on any atom is 0.409 e. The second kappa shape index (κ2) is 9.91. The molecule has 0 bridgehead atoms. The number of nitrogens with zero attached hydrogens (tertiary/aromatic N) is 2. The first-order valence-electron chi connectivity index (χ1n) is 9.03. The monoisotopic (exact) mass is 361 g/mol. The van der Waals surface area contributed by atoms with Crippen molar-refractivity contribution in [2.75, 3.05) is 32.8 Å². The van der Waals surface area contributed by atoms with E-state index >= 15 is 0 Å². The fourth-order valence-corrected chi connectivity index (χ4v) is 2.91. The fourth-order valence-electron chi connectivity index (χ4n) is 2.91. The second-order valence-electron chi connectivity index (χ2n) is 6.36. The van der Waals surface area contributed by atoms with Gasteiger partial charge in [-0.1, -0.05) is 30.3 Å². The molecule has 1 heterocycles. The van der Waals surface area contributed by atoms with Crippen LogP contribution in [0.1, 0.15) is 25.3 Å². The van der Waals surface area contributed by atoms with Crippen LogP contribution < -0.4 is 5.73 Å². The number of hydrogen-bond donors (Lipinski definition) is 1. The Morgan fingerprint density at radius 3 is 2.31 bits per heavy atom. The van der Waals surface area contributed by atoms with Crippen molar-refractivity contribution in [3.05, 3.63) is 35.9 Å². The van der Waals surface area contributed by atoms with E-state index in [9.17, 15) is 14.4 Å². The van der Waals surface area contributed by atoms with E-state index in [2.05, 4.69) is 0 Å². The minimum atomic E-state index is -0.691. The quantitative estimate of drug-likeness (QED) is 0.788. The van der Waals surface area contributed by atoms with Crippen molar-refractivity contribution in [3.63, 3.8) is 0 Å². The molecule has 26 heavy (non-hydrogen) atoms. The largest absolute Gasteiger partial charge is 0.450 e. The van der Waals surface area contributed by atoms with E-state index in [4.69, 9.17) is 10.5 Å². The SMILES string of the molecule is CCOC(=O)N1CCN(C(=O)C(N)CCC(=O)Cc2ccccc2)CC1. The molecule has 0 aromatic heterocycles. The van der Waals surface area contributed by atoms with Crippen LogP contribution in [0.15, 0.2) is 30.3 Å². The maximum absolute atomic E-state index is 12.4. The average molecular weight is 361 g/mol. The Labute approximate surface area is 154 Å². The lowest BCUT2D eigenvalue weighted by molar-refractivity contribution is -0.134. The molecule has 142 valence electrons. The lowest BCUT2D eigenvalue weighted by Gasteiger charge is -2.35. The maximum atomic E-state index is 12.4. The first-order chi connectivity index (χ1) is 12.5. The summed E-state index contributed by atoms with van der Waals surface area (Å²) in [6, 6.07) is 8.83. The number of hydrogen-bond acceptors (Lipinski definition) is 5. The molecule has 7 heteroatoms. The van der Waals surface area contributed by atoms with E-state index < -0.39 is 6.04 Å². The number of carbonyl (C=O) groups excluding carboxylic acids is 3. The molecule has 2 N–H and O–H groups in total. The third-order valence-electron chi connectivity index (χ3n) is 4.41. The van der Waals surface area contributed by atoms with Crippen LogP contribution >= 0.6 is 0 Å². The highest BCUT2D eigenvalue weighted by Crippen LogP contribution is 2.09. The molecule has 7 nitrogen and oxygen atoms in total. The van der Waals surface area contributed by atoms with Crippen LogP contribution in [0.5, 0.6) is 0 Å². The number of nitrogens with two attached hydrogens (primary N) is 1. The van der Waals surface area contributed by atoms with Gasteiger partial charge < -0.3 is 20.3 Å². The number of rotatable bonds is 7. The number of carbonyl (C=O) groups is 3. The van der Waals surface area contributed by atoms with Gasteiger partial charge in [0.1, 0.15) is 5.78 Å². The third kappa shape index (κ3) is 5.84. The summed E-state index contributed by atoms with van der Waals surface area (Å²) in [6.45, 7) is 3.83. The summed E-state index contributed by atoms with van der Waals surface area (Å²) in [5, 5.41) is 0. The Kier molecular flexibility index (Phi) is 7.59. The molecule has 0 radical (unpaired) electrons. The van der Waals surface area contributed by atoms with Crippen LogP contribution in [0, 0.1) is 0 Å². The van der Waals surface area contributed by atoms with E-state index in [1.807, 2.05) is 30.3 Å². The smallest absolute Gasteiger partial charge is 0.409 e. The molecular weight excluding hydrogens is 334 g/mol. The molecule has 1 aliphatic rings. The number of ketones is 1. The molecule has 0 saturated carbocycles. The molecule has 1 unspecified atom stereocenters. The fraction of sp³-hybridized carbons (Fsp3) is 0.526. The summed E-state index contributed by atoms with van der Waals surface area (Å²) < 4.78 is 4.96. The number of benzene rings is 1. The minimum Gasteiger partial charge on any atom is -0.450 e. The zero-order chi connectivity index (χ0) is 18.9. The summed E-state index contributed by atoms with van der Waals surface area (Å²) in [4.78, 5) is 39.4. The molecular formula is C19H27N3O4. The Hall–Kier alpha value is -2.41. The van der Waals surface area contributed by atoms with Crippen molar-refractivity contribution in [1.29, 1.82) is 0 Å². The van der Waals surface area contributed by atoms with Gasteiger partial charge in [-0.3, -0.25) is 9.59 Å². The first kappa shape index (κ1) is 19.9. The zero-order valence-electron chi connectivity index (χ0n) is 15.2. The highest BCUT2D eigenvalue weighted by molar-refractivity contribution is 5.84. The summed E-state index contributed by atoms with van der Waals surface area (Å²) in [7, 11) is 0. The Morgan fingerprint density at radius 1 is 1.08 bits per heavy atom. The lowest BCUT2D eigenvalue weighted by atomic mass is 10.0. The van der Waals surface area contributed by atoms with Gasteiger partial charge in [0.05, 0.1) is 12.6 Å². The van der Waals surface area contributed by atoms with Gasteiger partial charge in [-0.05, 0) is 18.9 Å². The number of amides is 2. The van der Waals surface area contributed by atoms with E-state index in [1.54, 1.807) is 16.7 Å². The predicted molar refractivity (Wildman–Crippen MR) is 97.5 cm³/mol. The van der Waals surface area contributed by atoms with Crippen molar-refractivity contribution < 1.29 is 19.1 Å². The van der Waals surface area contributed by atoms with E-state index in [0.29, 0.717) is 45.6 Å². The van der Waals surface area contributed by atoms with Crippen LogP contribution in [0.2, 0.25) is 0 Å². The molecule has 0 aliphatic carbocycles. The molecule has 1 aromatic rings. The first-order valence-corrected chi connectivity index (χ1v) is 9.03. The molecule has 1 aliphatic heterocycles. The van der Waals surface area contributed by atoms with Gasteiger partial charge in [0.2, 0.25) is 5.91 Å². The summed E-state index contributed by atoms with van der Waals surface area (Å²) >= 11 is 0. The number of ether oxygens (including phenoxy) is 1. The topological polar surface area (TPSA) is 92.9 Å². The number of Topliss-reactive ketones (excluding diaryl/α,β-unsaturated/α-hetero) is 1. The molecule has 1 atom stereocenters. The Morgan fingerprint density at radius 2 is 1.69 bits per heavy atom. The minimum absolute atomic E-state index is 0.0755. The summed E-state index contributed by atoms with van der Waals surface area (Å²) in [6.07, 6.45) is 0.628. The van der Waals surface area contributed by atoms with Gasteiger partial charge in [-0.15, -0.1) is 0 Å². The highest BCUT2D eigenvalue weighted by atomic mass is 16.6. The molecule has 1 fully saturated rings. The van der Waals surface area contributed by atoms with Crippen LogP contribution in [0.25, 0.3) is 0 Å². The van der Waals surface area contributed by atoms with E-state index in [1.165, 1.54) is 0 Å². The zero-order valence-corrected chi connectivity index (χ0v) is 15.2. The molecule has 1 saturated heterocycles. The highest BCUT2D eigenvalue weighted by Gasteiger charge is 2.27.